The Labute approximate surface area is 192 Å². The lowest BCUT2D eigenvalue weighted by Crippen LogP contribution is -2.36. The van der Waals surface area contributed by atoms with Crippen molar-refractivity contribution in [1.82, 2.24) is 15.6 Å². The number of aromatic nitrogens is 1. The first kappa shape index (κ1) is 21.5. The van der Waals surface area contributed by atoms with Gasteiger partial charge in [-0.05, 0) is 42.3 Å². The molecule has 2 aromatic carbocycles. The minimum atomic E-state index is -0.483. The molecule has 1 aliphatic heterocycles. The topological polar surface area (TPSA) is 66.4 Å². The average Bonchev–Trinajstić information content (AvgIpc) is 2.82. The molecule has 6 heteroatoms. The van der Waals surface area contributed by atoms with Gasteiger partial charge < -0.3 is 10.6 Å². The fourth-order valence-corrected chi connectivity index (χ4v) is 3.74. The number of carbonyl (C=O) groups is 1. The molecule has 1 amide bonds. The number of amides is 1. The van der Waals surface area contributed by atoms with Crippen LogP contribution < -0.4 is 10.6 Å². The number of carbonyl (C=O) groups excluding carboxylic acids is 1. The van der Waals surface area contributed by atoms with Crippen LogP contribution in [-0.2, 0) is 4.79 Å². The molecule has 32 heavy (non-hydrogen) atoms. The van der Waals surface area contributed by atoms with Crippen LogP contribution in [0.25, 0.3) is 6.08 Å². The Morgan fingerprint density at radius 2 is 1.97 bits per heavy atom. The summed E-state index contributed by atoms with van der Waals surface area (Å²) in [5.74, 6) is 0.493. The second kappa shape index (κ2) is 10.1. The molecule has 2 N–H and O–H groups in total. The van der Waals surface area contributed by atoms with E-state index in [0.717, 1.165) is 22.4 Å². The number of nitrogens with one attached hydrogen (secondary N) is 2. The van der Waals surface area contributed by atoms with Gasteiger partial charge >= 0.3 is 0 Å². The first-order valence-electron chi connectivity index (χ1n) is 10.3. The smallest absolute Gasteiger partial charge is 0.251 e. The molecule has 4 rings (SSSR count). The van der Waals surface area contributed by atoms with Gasteiger partial charge in [0.2, 0.25) is 0 Å². The lowest BCUT2D eigenvalue weighted by atomic mass is 9.95. The molecule has 1 aliphatic rings. The number of amidine groups is 1. The highest BCUT2D eigenvalue weighted by Gasteiger charge is 2.29. The Kier molecular flexibility index (Phi) is 6.78. The third kappa shape index (κ3) is 5.13. The van der Waals surface area contributed by atoms with Crippen LogP contribution >= 0.6 is 11.6 Å². The lowest BCUT2D eigenvalue weighted by Gasteiger charge is -2.26. The Bertz CT molecular complexity index is 1190. The molecule has 0 saturated heterocycles. The lowest BCUT2D eigenvalue weighted by molar-refractivity contribution is -0.117. The van der Waals surface area contributed by atoms with Crippen molar-refractivity contribution in [3.05, 3.63) is 118 Å². The second-order valence-corrected chi connectivity index (χ2v) is 7.80. The van der Waals surface area contributed by atoms with Gasteiger partial charge in [-0.2, -0.15) is 0 Å². The minimum absolute atomic E-state index is 0.174. The van der Waals surface area contributed by atoms with E-state index < -0.39 is 6.04 Å². The van der Waals surface area contributed by atoms with E-state index in [0.29, 0.717) is 23.0 Å². The van der Waals surface area contributed by atoms with E-state index in [4.69, 9.17) is 16.6 Å². The molecule has 0 saturated carbocycles. The van der Waals surface area contributed by atoms with Gasteiger partial charge in [-0.15, -0.1) is 0 Å². The SMILES string of the molecule is CC1=C(C(=O)NC/C=C/c2ccccc2)C(c2cccc(Cl)c2)N=C(c2cccnc2)N1. The third-order valence-corrected chi connectivity index (χ3v) is 5.31. The monoisotopic (exact) mass is 442 g/mol. The molecule has 0 radical (unpaired) electrons. The number of hydrogen-bond acceptors (Lipinski definition) is 4. The molecule has 1 atom stereocenters. The Hall–Kier alpha value is -3.70. The van der Waals surface area contributed by atoms with Crippen molar-refractivity contribution in [3.8, 4) is 0 Å². The highest BCUT2D eigenvalue weighted by molar-refractivity contribution is 6.30. The van der Waals surface area contributed by atoms with E-state index in [1.807, 2.05) is 85.8 Å². The molecule has 0 fully saturated rings. The predicted molar refractivity (Wildman–Crippen MR) is 129 cm³/mol. The minimum Gasteiger partial charge on any atom is -0.349 e. The summed E-state index contributed by atoms with van der Waals surface area (Å²) in [4.78, 5) is 22.2. The van der Waals surface area contributed by atoms with Crippen LogP contribution in [0, 0.1) is 0 Å². The van der Waals surface area contributed by atoms with Crippen LogP contribution in [-0.4, -0.2) is 23.3 Å². The number of rotatable bonds is 6. The van der Waals surface area contributed by atoms with E-state index in [9.17, 15) is 4.79 Å². The highest BCUT2D eigenvalue weighted by Crippen LogP contribution is 2.32. The Morgan fingerprint density at radius 1 is 1.12 bits per heavy atom. The maximum atomic E-state index is 13.2. The molecule has 160 valence electrons. The summed E-state index contributed by atoms with van der Waals surface area (Å²) < 4.78 is 0. The molecule has 0 aliphatic carbocycles. The van der Waals surface area contributed by atoms with Gasteiger partial charge in [0, 0.05) is 35.2 Å². The van der Waals surface area contributed by atoms with E-state index in [2.05, 4.69) is 15.6 Å². The zero-order valence-corrected chi connectivity index (χ0v) is 18.4. The predicted octanol–water partition coefficient (Wildman–Crippen LogP) is 4.93. The maximum absolute atomic E-state index is 13.2. The highest BCUT2D eigenvalue weighted by atomic mass is 35.5. The molecule has 1 unspecified atom stereocenters. The maximum Gasteiger partial charge on any atom is 0.251 e. The quantitative estimate of drug-likeness (QED) is 0.568. The summed E-state index contributed by atoms with van der Waals surface area (Å²) in [6.07, 6.45) is 7.37. The number of pyridine rings is 1. The zero-order valence-electron chi connectivity index (χ0n) is 17.6. The van der Waals surface area contributed by atoms with Gasteiger partial charge in [0.1, 0.15) is 11.9 Å². The largest absolute Gasteiger partial charge is 0.349 e. The number of nitrogens with zero attached hydrogens (tertiary/aromatic N) is 2. The van der Waals surface area contributed by atoms with Gasteiger partial charge in [0.15, 0.2) is 0 Å². The van der Waals surface area contributed by atoms with Crippen LogP contribution in [0.4, 0.5) is 0 Å². The third-order valence-electron chi connectivity index (χ3n) is 5.08. The second-order valence-electron chi connectivity index (χ2n) is 7.36. The standard InChI is InChI=1S/C26H23ClN4O/c1-18-23(26(32)29-15-6-10-19-8-3-2-4-9-19)24(20-11-5-13-22(27)16-20)31-25(30-18)21-12-7-14-28-17-21/h2-14,16-17,24H,15H2,1H3,(H,29,32)(H,30,31)/b10-6+. The summed E-state index contributed by atoms with van der Waals surface area (Å²) in [6, 6.07) is 20.7. The van der Waals surface area contributed by atoms with Gasteiger partial charge in [-0.1, -0.05) is 66.2 Å². The number of allylic oxidation sites excluding steroid dienone is 1. The number of hydrogen-bond donors (Lipinski definition) is 2. The van der Waals surface area contributed by atoms with Crippen molar-refractivity contribution in [3.63, 3.8) is 0 Å². The van der Waals surface area contributed by atoms with Crippen molar-refractivity contribution >= 4 is 29.4 Å². The summed E-state index contributed by atoms with van der Waals surface area (Å²) in [7, 11) is 0. The Morgan fingerprint density at radius 3 is 2.72 bits per heavy atom. The molecule has 5 nitrogen and oxygen atoms in total. The molecule has 3 aromatic rings. The number of benzene rings is 2. The summed E-state index contributed by atoms with van der Waals surface area (Å²) in [5, 5.41) is 6.86. The van der Waals surface area contributed by atoms with Crippen molar-refractivity contribution < 1.29 is 4.79 Å². The first-order valence-corrected chi connectivity index (χ1v) is 10.7. The number of halogens is 1. The first-order chi connectivity index (χ1) is 15.6. The van der Waals surface area contributed by atoms with Crippen LogP contribution in [0.5, 0.6) is 0 Å². The summed E-state index contributed by atoms with van der Waals surface area (Å²) >= 11 is 6.24. The van der Waals surface area contributed by atoms with Crippen LogP contribution in [0.2, 0.25) is 5.02 Å². The molecular weight excluding hydrogens is 420 g/mol. The van der Waals surface area contributed by atoms with Crippen molar-refractivity contribution in [2.75, 3.05) is 6.54 Å². The van der Waals surface area contributed by atoms with Crippen LogP contribution in [0.15, 0.2) is 101 Å². The van der Waals surface area contributed by atoms with Crippen molar-refractivity contribution in [2.24, 2.45) is 4.99 Å². The number of aliphatic imine (C=N–C) groups is 1. The van der Waals surface area contributed by atoms with Gasteiger partial charge in [0.05, 0.1) is 5.57 Å². The molecule has 0 bridgehead atoms. The molecular formula is C26H23ClN4O. The molecule has 2 heterocycles. The van der Waals surface area contributed by atoms with Gasteiger partial charge in [-0.25, -0.2) is 0 Å². The van der Waals surface area contributed by atoms with Gasteiger partial charge in [-0.3, -0.25) is 14.8 Å². The van der Waals surface area contributed by atoms with Gasteiger partial charge in [0.25, 0.3) is 5.91 Å². The van der Waals surface area contributed by atoms with Crippen LogP contribution in [0.3, 0.4) is 0 Å². The Balaban J connectivity index is 1.59. The fraction of sp³-hybridized carbons (Fsp3) is 0.115. The van der Waals surface area contributed by atoms with Crippen molar-refractivity contribution in [2.45, 2.75) is 13.0 Å². The van der Waals surface area contributed by atoms with E-state index in [1.165, 1.54) is 0 Å². The molecule has 1 aromatic heterocycles. The average molecular weight is 443 g/mol. The molecule has 0 spiro atoms. The van der Waals surface area contributed by atoms with E-state index >= 15 is 0 Å². The fourth-order valence-electron chi connectivity index (χ4n) is 3.54. The summed E-state index contributed by atoms with van der Waals surface area (Å²) in [5.41, 5.74) is 4.09. The normalized spacial score (nSPS) is 15.9. The van der Waals surface area contributed by atoms with Crippen molar-refractivity contribution in [1.29, 1.82) is 0 Å². The summed E-state index contributed by atoms with van der Waals surface area (Å²) in [6.45, 7) is 2.29. The van der Waals surface area contributed by atoms with E-state index in [-0.39, 0.29) is 5.91 Å². The van der Waals surface area contributed by atoms with E-state index in [1.54, 1.807) is 12.4 Å². The zero-order chi connectivity index (χ0) is 22.3. The van der Waals surface area contributed by atoms with Crippen LogP contribution in [0.1, 0.15) is 29.7 Å².